The van der Waals surface area contributed by atoms with Crippen LogP contribution in [0.4, 0.5) is 0 Å². The highest BCUT2D eigenvalue weighted by atomic mass is 32.1. The van der Waals surface area contributed by atoms with E-state index in [0.717, 1.165) is 67.6 Å². The molecular formula is C49H34N5S+. The summed E-state index contributed by atoms with van der Waals surface area (Å²) >= 11 is 1.82. The van der Waals surface area contributed by atoms with Gasteiger partial charge in [-0.2, -0.15) is 4.99 Å². The Kier molecular flexibility index (Phi) is 8.44. The number of hydrogen-bond acceptors (Lipinski definition) is 5. The zero-order chi connectivity index (χ0) is 36.6. The molecule has 10 rings (SSSR count). The molecule has 3 heterocycles. The van der Waals surface area contributed by atoms with Gasteiger partial charge in [-0.1, -0.05) is 158 Å². The first-order chi connectivity index (χ1) is 27.2. The van der Waals surface area contributed by atoms with Crippen LogP contribution >= 0.6 is 11.3 Å². The zero-order valence-electron chi connectivity index (χ0n) is 29.7. The lowest BCUT2D eigenvalue weighted by Crippen LogP contribution is -2.90. The van der Waals surface area contributed by atoms with Gasteiger partial charge in [-0.05, 0) is 35.9 Å². The van der Waals surface area contributed by atoms with Crippen molar-refractivity contribution in [1.29, 1.82) is 0 Å². The molecule has 1 aliphatic heterocycles. The monoisotopic (exact) mass is 724 g/mol. The summed E-state index contributed by atoms with van der Waals surface area (Å²) in [6.45, 7) is 0. The van der Waals surface area contributed by atoms with Crippen molar-refractivity contribution in [2.75, 3.05) is 0 Å². The smallest absolute Gasteiger partial charge is 0.236 e. The van der Waals surface area contributed by atoms with Crippen LogP contribution in [0.5, 0.6) is 0 Å². The molecule has 5 nitrogen and oxygen atoms in total. The third kappa shape index (κ3) is 6.33. The van der Waals surface area contributed by atoms with Gasteiger partial charge in [-0.15, -0.1) is 11.3 Å². The number of rotatable bonds is 7. The average Bonchev–Trinajstić information content (AvgIpc) is 3.66. The van der Waals surface area contributed by atoms with E-state index in [9.17, 15) is 0 Å². The summed E-state index contributed by atoms with van der Waals surface area (Å²) in [7, 11) is 0. The minimum atomic E-state index is -0.191. The fraction of sp³-hybridized carbons (Fsp3) is 0.0204. The van der Waals surface area contributed by atoms with E-state index in [4.69, 9.17) is 20.0 Å². The van der Waals surface area contributed by atoms with Crippen molar-refractivity contribution in [3.05, 3.63) is 205 Å². The first-order valence-corrected chi connectivity index (χ1v) is 19.2. The predicted octanol–water partition coefficient (Wildman–Crippen LogP) is 11.0. The van der Waals surface area contributed by atoms with E-state index >= 15 is 0 Å². The zero-order valence-corrected chi connectivity index (χ0v) is 30.6. The van der Waals surface area contributed by atoms with Crippen molar-refractivity contribution in [3.63, 3.8) is 0 Å². The second-order valence-electron chi connectivity index (χ2n) is 13.6. The van der Waals surface area contributed by atoms with Gasteiger partial charge < -0.3 is 0 Å². The number of nitrogens with zero attached hydrogens (tertiary/aromatic N) is 4. The lowest BCUT2D eigenvalue weighted by molar-refractivity contribution is -0.586. The third-order valence-corrected chi connectivity index (χ3v) is 11.2. The molecule has 0 amide bonds. The highest BCUT2D eigenvalue weighted by Crippen LogP contribution is 2.43. The summed E-state index contributed by atoms with van der Waals surface area (Å²) in [6, 6.07) is 65.4. The molecule has 1 unspecified atom stereocenters. The standard InChI is InChI=1S/C49H33N5S/c1-5-16-32(17-6-1)40-31-41(33-18-7-2-8-19-33)51-48(50-40)37-25-15-24-36(30-37)44-39(28-29-43-45(44)38-26-13-14-27-42(38)55-43)49-53-46(34-20-9-3-10-21-34)52-47(54-49)35-22-11-4-12-23-35/h1-31,46H,(H,52,53,54)/p+1. The molecule has 1 aliphatic rings. The summed E-state index contributed by atoms with van der Waals surface area (Å²) in [4.78, 5) is 20.9. The average molecular weight is 725 g/mol. The maximum atomic E-state index is 5.32. The number of aliphatic imine (C=N–C) groups is 2. The topological polar surface area (TPSA) is 67.1 Å². The van der Waals surface area contributed by atoms with Gasteiger partial charge in [0.05, 0.1) is 17.0 Å². The molecule has 0 saturated heterocycles. The molecule has 0 aliphatic carbocycles. The van der Waals surface area contributed by atoms with E-state index < -0.39 is 0 Å². The lowest BCUT2D eigenvalue weighted by Gasteiger charge is -2.21. The summed E-state index contributed by atoms with van der Waals surface area (Å²) in [5.74, 6) is 2.30. The molecule has 0 radical (unpaired) electrons. The molecule has 1 atom stereocenters. The number of aromatic nitrogens is 2. The summed E-state index contributed by atoms with van der Waals surface area (Å²) in [5.41, 5.74) is 10.2. The molecule has 7 aromatic carbocycles. The van der Waals surface area contributed by atoms with Crippen molar-refractivity contribution in [3.8, 4) is 45.0 Å². The first-order valence-electron chi connectivity index (χ1n) is 18.4. The largest absolute Gasteiger partial charge is 0.272 e. The van der Waals surface area contributed by atoms with E-state index in [1.807, 2.05) is 47.7 Å². The lowest BCUT2D eigenvalue weighted by atomic mass is 9.92. The van der Waals surface area contributed by atoms with Crippen LogP contribution in [0.2, 0.25) is 0 Å². The summed E-state index contributed by atoms with van der Waals surface area (Å²) in [5, 5.41) is 4.66. The molecule has 0 saturated carbocycles. The number of quaternary nitrogens is 1. The van der Waals surface area contributed by atoms with Gasteiger partial charge >= 0.3 is 0 Å². The molecule has 2 N–H and O–H groups in total. The van der Waals surface area contributed by atoms with Crippen molar-refractivity contribution < 1.29 is 5.32 Å². The van der Waals surface area contributed by atoms with Gasteiger partial charge in [0.2, 0.25) is 12.0 Å². The van der Waals surface area contributed by atoms with Crippen molar-refractivity contribution in [2.24, 2.45) is 9.98 Å². The van der Waals surface area contributed by atoms with E-state index in [-0.39, 0.29) is 6.17 Å². The number of thiophene rings is 1. The minimum Gasteiger partial charge on any atom is -0.272 e. The maximum absolute atomic E-state index is 5.32. The van der Waals surface area contributed by atoms with Crippen LogP contribution < -0.4 is 5.32 Å². The number of hydrogen-bond donors (Lipinski definition) is 1. The van der Waals surface area contributed by atoms with E-state index in [0.29, 0.717) is 5.82 Å². The molecule has 0 spiro atoms. The molecule has 2 aromatic heterocycles. The van der Waals surface area contributed by atoms with Gasteiger partial charge in [0.25, 0.3) is 0 Å². The molecule has 6 heteroatoms. The minimum absolute atomic E-state index is 0.191. The molecule has 260 valence electrons. The quantitative estimate of drug-likeness (QED) is 0.178. The van der Waals surface area contributed by atoms with Crippen LogP contribution in [0, 0.1) is 0 Å². The number of fused-ring (bicyclic) bond motifs is 3. The first kappa shape index (κ1) is 32.8. The van der Waals surface area contributed by atoms with Crippen LogP contribution in [-0.2, 0) is 0 Å². The fourth-order valence-corrected chi connectivity index (χ4v) is 8.54. The van der Waals surface area contributed by atoms with Gasteiger partial charge in [-0.3, -0.25) is 5.32 Å². The van der Waals surface area contributed by atoms with Gasteiger partial charge in [-0.25, -0.2) is 15.0 Å². The molecule has 9 aromatic rings. The van der Waals surface area contributed by atoms with E-state index in [1.165, 1.54) is 20.2 Å². The van der Waals surface area contributed by atoms with Crippen LogP contribution in [0.25, 0.3) is 65.2 Å². The maximum Gasteiger partial charge on any atom is 0.236 e. The Morgan fingerprint density at radius 2 is 1.05 bits per heavy atom. The molecule has 55 heavy (non-hydrogen) atoms. The number of benzene rings is 7. The van der Waals surface area contributed by atoms with Gasteiger partial charge in [0, 0.05) is 53.6 Å². The van der Waals surface area contributed by atoms with Gasteiger partial charge in [0.15, 0.2) is 11.7 Å². The van der Waals surface area contributed by atoms with E-state index in [2.05, 4.69) is 157 Å². The molecule has 0 fully saturated rings. The normalized spacial score (nSPS) is 14.1. The van der Waals surface area contributed by atoms with Crippen LogP contribution in [-0.4, -0.2) is 21.6 Å². The Hall–Kier alpha value is -6.86. The van der Waals surface area contributed by atoms with Crippen LogP contribution in [0.15, 0.2) is 198 Å². The Morgan fingerprint density at radius 3 is 1.75 bits per heavy atom. The predicted molar refractivity (Wildman–Crippen MR) is 227 cm³/mol. The van der Waals surface area contributed by atoms with Crippen LogP contribution in [0.3, 0.4) is 0 Å². The Labute approximate surface area is 323 Å². The van der Waals surface area contributed by atoms with Crippen LogP contribution in [0.1, 0.15) is 22.9 Å². The summed E-state index contributed by atoms with van der Waals surface area (Å²) < 4.78 is 2.48. The summed E-state index contributed by atoms with van der Waals surface area (Å²) in [6.07, 6.45) is -0.191. The van der Waals surface area contributed by atoms with Crippen molar-refractivity contribution in [1.82, 2.24) is 9.97 Å². The van der Waals surface area contributed by atoms with E-state index in [1.54, 1.807) is 0 Å². The second kappa shape index (κ2) is 14.2. The van der Waals surface area contributed by atoms with Crippen molar-refractivity contribution in [2.45, 2.75) is 6.17 Å². The fourth-order valence-electron chi connectivity index (χ4n) is 7.43. The van der Waals surface area contributed by atoms with Crippen molar-refractivity contribution >= 4 is 43.2 Å². The molecule has 0 bridgehead atoms. The highest BCUT2D eigenvalue weighted by molar-refractivity contribution is 7.26. The Balaban J connectivity index is 1.19. The Morgan fingerprint density at radius 1 is 0.473 bits per heavy atom. The Bertz CT molecular complexity index is 2830. The van der Waals surface area contributed by atoms with Gasteiger partial charge in [0.1, 0.15) is 0 Å². The second-order valence-corrected chi connectivity index (χ2v) is 14.7. The highest BCUT2D eigenvalue weighted by Gasteiger charge is 2.29. The number of amidine groups is 2. The molecular weight excluding hydrogens is 691 g/mol. The third-order valence-electron chi connectivity index (χ3n) is 10.1. The number of nitrogens with two attached hydrogens (primary N) is 1. The SMILES string of the molecule is c1ccc(C2=NC(c3ccccc3)[NH2+]C(c3ccc4sc5ccccc5c4c3-c3cccc(-c4nc(-c5ccccc5)cc(-c5ccccc5)n4)c3)=N2)cc1.